The summed E-state index contributed by atoms with van der Waals surface area (Å²) in [4.78, 5) is 28.2. The van der Waals surface area contributed by atoms with Gasteiger partial charge in [0.25, 0.3) is 0 Å². The lowest BCUT2D eigenvalue weighted by atomic mass is 9.95. The molecule has 9 nitrogen and oxygen atoms in total. The molecule has 4 rings (SSSR count). The van der Waals surface area contributed by atoms with Crippen LogP contribution in [0.2, 0.25) is 0 Å². The van der Waals surface area contributed by atoms with Gasteiger partial charge in [-0.25, -0.2) is 12.8 Å². The van der Waals surface area contributed by atoms with Crippen LogP contribution in [-0.4, -0.2) is 63.2 Å². The van der Waals surface area contributed by atoms with Crippen molar-refractivity contribution >= 4 is 27.5 Å². The van der Waals surface area contributed by atoms with Crippen LogP contribution < -0.4 is 19.1 Å². The topological polar surface area (TPSA) is 105 Å². The first-order chi connectivity index (χ1) is 18.1. The van der Waals surface area contributed by atoms with E-state index in [1.54, 1.807) is 19.1 Å². The summed E-state index contributed by atoms with van der Waals surface area (Å²) in [6, 6.07) is 9.47. The molecule has 2 aromatic rings. The summed E-state index contributed by atoms with van der Waals surface area (Å²) < 4.78 is 51.2. The van der Waals surface area contributed by atoms with Crippen molar-refractivity contribution in [1.82, 2.24) is 10.2 Å². The normalized spacial score (nSPS) is 16.4. The molecule has 0 saturated heterocycles. The van der Waals surface area contributed by atoms with Crippen molar-refractivity contribution < 1.29 is 31.9 Å². The number of nitrogens with zero attached hydrogens (tertiary/aromatic N) is 2. The van der Waals surface area contributed by atoms with Crippen LogP contribution in [0, 0.1) is 5.82 Å². The molecular weight excluding hydrogens is 513 g/mol. The number of benzene rings is 2. The summed E-state index contributed by atoms with van der Waals surface area (Å²) in [6.07, 6.45) is 6.00. The van der Waals surface area contributed by atoms with E-state index >= 15 is 0 Å². The number of nitrogens with one attached hydrogen (secondary N) is 1. The molecule has 0 bridgehead atoms. The molecule has 11 heteroatoms. The fraction of sp³-hybridized carbons (Fsp3) is 0.481. The zero-order valence-corrected chi connectivity index (χ0v) is 22.5. The third-order valence-corrected chi connectivity index (χ3v) is 8.02. The Morgan fingerprint density at radius 2 is 1.68 bits per heavy atom. The number of ether oxygens (including phenoxy) is 2. The average molecular weight is 548 g/mol. The van der Waals surface area contributed by atoms with Gasteiger partial charge < -0.3 is 19.7 Å². The smallest absolute Gasteiger partial charge is 0.244 e. The van der Waals surface area contributed by atoms with Gasteiger partial charge in [-0.05, 0) is 49.6 Å². The van der Waals surface area contributed by atoms with Crippen molar-refractivity contribution in [2.45, 2.75) is 57.7 Å². The minimum Gasteiger partial charge on any atom is -0.486 e. The molecule has 1 aliphatic heterocycles. The summed E-state index contributed by atoms with van der Waals surface area (Å²) in [5, 5.41) is 3.04. The van der Waals surface area contributed by atoms with E-state index < -0.39 is 34.3 Å². The van der Waals surface area contributed by atoms with E-state index in [-0.39, 0.29) is 24.2 Å². The number of carbonyl (C=O) groups excluding carboxylic acids is 2. The van der Waals surface area contributed by atoms with E-state index in [2.05, 4.69) is 5.32 Å². The van der Waals surface area contributed by atoms with E-state index in [0.717, 1.165) is 42.7 Å². The SMILES string of the molecule is C[C@@H](C(=O)NC1CCCCC1)N(Cc1ccc(F)cc1)C(=O)CN(c1ccc2c(c1)OCCO2)S(C)(=O)=O. The van der Waals surface area contributed by atoms with Crippen LogP contribution in [0.1, 0.15) is 44.6 Å². The Kier molecular flexibility index (Phi) is 8.76. The lowest BCUT2D eigenvalue weighted by Crippen LogP contribution is -2.53. The number of hydrogen-bond donors (Lipinski definition) is 1. The average Bonchev–Trinajstić information content (AvgIpc) is 2.90. The highest BCUT2D eigenvalue weighted by molar-refractivity contribution is 7.92. The minimum absolute atomic E-state index is 0.0110. The van der Waals surface area contributed by atoms with Gasteiger partial charge in [0.1, 0.15) is 31.6 Å². The van der Waals surface area contributed by atoms with Crippen LogP contribution in [0.15, 0.2) is 42.5 Å². The molecule has 1 heterocycles. The van der Waals surface area contributed by atoms with Gasteiger partial charge >= 0.3 is 0 Å². The summed E-state index contributed by atoms with van der Waals surface area (Å²) in [5.41, 5.74) is 0.855. The fourth-order valence-electron chi connectivity index (χ4n) is 4.74. The summed E-state index contributed by atoms with van der Waals surface area (Å²) in [5.74, 6) is -0.418. The molecule has 38 heavy (non-hydrogen) atoms. The molecule has 1 fully saturated rings. The molecule has 2 aromatic carbocycles. The fourth-order valence-corrected chi connectivity index (χ4v) is 5.58. The van der Waals surface area contributed by atoms with Crippen LogP contribution >= 0.6 is 0 Å². The molecule has 0 unspecified atom stereocenters. The maximum Gasteiger partial charge on any atom is 0.244 e. The Balaban J connectivity index is 1.58. The van der Waals surface area contributed by atoms with Crippen molar-refractivity contribution in [3.63, 3.8) is 0 Å². The number of rotatable bonds is 9. The zero-order chi connectivity index (χ0) is 27.3. The Morgan fingerprint density at radius 1 is 1.03 bits per heavy atom. The van der Waals surface area contributed by atoms with Gasteiger partial charge in [0, 0.05) is 18.7 Å². The number of carbonyl (C=O) groups is 2. The zero-order valence-electron chi connectivity index (χ0n) is 21.7. The lowest BCUT2D eigenvalue weighted by Gasteiger charge is -2.33. The van der Waals surface area contributed by atoms with Crippen molar-refractivity contribution in [1.29, 1.82) is 0 Å². The largest absolute Gasteiger partial charge is 0.486 e. The number of fused-ring (bicyclic) bond motifs is 1. The van der Waals surface area contributed by atoms with Gasteiger partial charge in [-0.2, -0.15) is 0 Å². The molecule has 1 N–H and O–H groups in total. The second-order valence-electron chi connectivity index (χ2n) is 9.77. The molecular formula is C27H34FN3O6S. The highest BCUT2D eigenvalue weighted by atomic mass is 32.2. The first kappa shape index (κ1) is 27.7. The summed E-state index contributed by atoms with van der Waals surface area (Å²) in [7, 11) is -3.88. The summed E-state index contributed by atoms with van der Waals surface area (Å²) >= 11 is 0. The number of hydrogen-bond acceptors (Lipinski definition) is 6. The van der Waals surface area contributed by atoms with Gasteiger partial charge in [-0.15, -0.1) is 0 Å². The molecule has 206 valence electrons. The van der Waals surface area contributed by atoms with Crippen molar-refractivity contribution in [2.75, 3.05) is 30.3 Å². The van der Waals surface area contributed by atoms with E-state index in [0.29, 0.717) is 30.3 Å². The van der Waals surface area contributed by atoms with Gasteiger partial charge in [0.05, 0.1) is 11.9 Å². The molecule has 1 saturated carbocycles. The summed E-state index contributed by atoms with van der Waals surface area (Å²) in [6.45, 7) is 1.82. The molecule has 0 aromatic heterocycles. The monoisotopic (exact) mass is 547 g/mol. The second kappa shape index (κ2) is 12.0. The number of sulfonamides is 1. The van der Waals surface area contributed by atoms with Crippen molar-refractivity contribution in [3.8, 4) is 11.5 Å². The Morgan fingerprint density at radius 3 is 2.34 bits per heavy atom. The number of amides is 2. The number of halogens is 1. The van der Waals surface area contributed by atoms with Crippen molar-refractivity contribution in [2.24, 2.45) is 0 Å². The molecule has 1 aliphatic carbocycles. The van der Waals surface area contributed by atoms with Gasteiger partial charge in [-0.3, -0.25) is 13.9 Å². The van der Waals surface area contributed by atoms with Gasteiger partial charge in [0.15, 0.2) is 11.5 Å². The Labute approximate surface area is 222 Å². The quantitative estimate of drug-likeness (QED) is 0.517. The van der Waals surface area contributed by atoms with E-state index in [9.17, 15) is 22.4 Å². The Bertz CT molecular complexity index is 1250. The van der Waals surface area contributed by atoms with Crippen LogP contribution in [-0.2, 0) is 26.2 Å². The highest BCUT2D eigenvalue weighted by Crippen LogP contribution is 2.34. The van der Waals surface area contributed by atoms with Crippen LogP contribution in [0.3, 0.4) is 0 Å². The predicted molar refractivity (Wildman–Crippen MR) is 141 cm³/mol. The predicted octanol–water partition coefficient (Wildman–Crippen LogP) is 3.23. The first-order valence-electron chi connectivity index (χ1n) is 12.8. The number of anilines is 1. The Hall–Kier alpha value is -3.34. The van der Waals surface area contributed by atoms with Crippen LogP contribution in [0.5, 0.6) is 11.5 Å². The third-order valence-electron chi connectivity index (χ3n) is 6.88. The third kappa shape index (κ3) is 6.94. The van der Waals surface area contributed by atoms with E-state index in [1.807, 2.05) is 0 Å². The van der Waals surface area contributed by atoms with Gasteiger partial charge in [0.2, 0.25) is 21.8 Å². The van der Waals surface area contributed by atoms with Crippen LogP contribution in [0.25, 0.3) is 0 Å². The van der Waals surface area contributed by atoms with Gasteiger partial charge in [-0.1, -0.05) is 31.4 Å². The lowest BCUT2D eigenvalue weighted by molar-refractivity contribution is -0.139. The maximum atomic E-state index is 13.7. The van der Waals surface area contributed by atoms with E-state index in [1.165, 1.54) is 35.2 Å². The minimum atomic E-state index is -3.88. The standard InChI is InChI=1S/C27H34FN3O6S/c1-19(27(33)29-22-6-4-3-5-7-22)30(17-20-8-10-21(28)11-9-20)26(32)18-31(38(2,34)35)23-12-13-24-25(16-23)37-15-14-36-24/h8-13,16,19,22H,3-7,14-15,17-18H2,1-2H3,(H,29,33)/t19-/m0/s1. The second-order valence-corrected chi connectivity index (χ2v) is 11.7. The van der Waals surface area contributed by atoms with E-state index in [4.69, 9.17) is 9.47 Å². The maximum absolute atomic E-state index is 13.7. The molecule has 2 amide bonds. The van der Waals surface area contributed by atoms with Crippen LogP contribution in [0.4, 0.5) is 10.1 Å². The first-order valence-corrected chi connectivity index (χ1v) is 14.7. The molecule has 2 aliphatic rings. The molecule has 0 radical (unpaired) electrons. The molecule has 1 atom stereocenters. The highest BCUT2D eigenvalue weighted by Gasteiger charge is 2.31. The van der Waals surface area contributed by atoms with Crippen molar-refractivity contribution in [3.05, 3.63) is 53.8 Å². The molecule has 0 spiro atoms.